The van der Waals surface area contributed by atoms with Crippen molar-refractivity contribution < 1.29 is 19.4 Å². The van der Waals surface area contributed by atoms with Gasteiger partial charge in [0.2, 0.25) is 0 Å². The van der Waals surface area contributed by atoms with Crippen molar-refractivity contribution in [2.24, 2.45) is 5.92 Å². The lowest BCUT2D eigenvalue weighted by Gasteiger charge is -2.55. The van der Waals surface area contributed by atoms with Crippen molar-refractivity contribution in [1.29, 1.82) is 5.26 Å². The maximum absolute atomic E-state index is 12.8. The second-order valence-corrected chi connectivity index (χ2v) is 9.47. The summed E-state index contributed by atoms with van der Waals surface area (Å²) < 4.78 is 5.41. The molecule has 1 N–H and O–H groups in total. The molecule has 0 bridgehead atoms. The van der Waals surface area contributed by atoms with E-state index in [1.165, 1.54) is 10.5 Å². The summed E-state index contributed by atoms with van der Waals surface area (Å²) in [6.07, 6.45) is 3.49. The van der Waals surface area contributed by atoms with E-state index in [4.69, 9.17) is 4.74 Å². The molecule has 2 heterocycles. The van der Waals surface area contributed by atoms with Gasteiger partial charge in [-0.2, -0.15) is 5.26 Å². The van der Waals surface area contributed by atoms with Gasteiger partial charge in [0.05, 0.1) is 18.0 Å². The fourth-order valence-corrected chi connectivity index (χ4v) is 5.38. The van der Waals surface area contributed by atoms with Crippen molar-refractivity contribution in [1.82, 2.24) is 14.7 Å². The molecule has 176 valence electrons. The standard InChI is InChI=1S/C25H32N4O4/c1-2-14-33-24(32)29(22-15-21(22)20-6-4-3-5-7-20)16-19-8-12-28(13-9-19)25(10-11-26)17-27(18-25)23(30)31/h2-7,19,21-22H,1,8-10,12-18H2,(H,30,31). The van der Waals surface area contributed by atoms with E-state index >= 15 is 0 Å². The number of carboxylic acid groups (broad SMARTS) is 1. The molecule has 8 heteroatoms. The number of carbonyl (C=O) groups excluding carboxylic acids is 1. The smallest absolute Gasteiger partial charge is 0.410 e. The Balaban J connectivity index is 1.36. The Bertz CT molecular complexity index is 901. The molecule has 3 fully saturated rings. The minimum absolute atomic E-state index is 0.156. The topological polar surface area (TPSA) is 97.1 Å². The van der Waals surface area contributed by atoms with Crippen LogP contribution in [0, 0.1) is 17.2 Å². The largest absolute Gasteiger partial charge is 0.465 e. The van der Waals surface area contributed by atoms with Crippen molar-refractivity contribution in [3.63, 3.8) is 0 Å². The van der Waals surface area contributed by atoms with Crippen LogP contribution in [0.1, 0.15) is 37.2 Å². The quantitative estimate of drug-likeness (QED) is 0.606. The number of amides is 2. The molecule has 0 spiro atoms. The fraction of sp³-hybridized carbons (Fsp3) is 0.560. The number of hydrogen-bond acceptors (Lipinski definition) is 5. The molecule has 2 saturated heterocycles. The molecule has 2 aliphatic heterocycles. The van der Waals surface area contributed by atoms with Crippen LogP contribution in [-0.2, 0) is 4.74 Å². The van der Waals surface area contributed by atoms with Crippen LogP contribution >= 0.6 is 0 Å². The zero-order valence-corrected chi connectivity index (χ0v) is 18.9. The monoisotopic (exact) mass is 452 g/mol. The average molecular weight is 453 g/mol. The van der Waals surface area contributed by atoms with Crippen molar-refractivity contribution in [2.75, 3.05) is 39.3 Å². The molecule has 1 saturated carbocycles. The molecule has 0 aromatic heterocycles. The SMILES string of the molecule is C=CCOC(=O)N(CC1CCN(C2(CC#N)CN(C(=O)O)C2)CC1)C1CC1c1ccccc1. The van der Waals surface area contributed by atoms with E-state index < -0.39 is 6.09 Å². The van der Waals surface area contributed by atoms with Gasteiger partial charge in [-0.1, -0.05) is 43.0 Å². The summed E-state index contributed by atoms with van der Waals surface area (Å²) in [6.45, 7) is 6.90. The Hall–Kier alpha value is -3.05. The molecule has 1 aromatic carbocycles. The number of carbonyl (C=O) groups is 2. The number of hydrogen-bond donors (Lipinski definition) is 1. The fourth-order valence-electron chi connectivity index (χ4n) is 5.38. The summed E-state index contributed by atoms with van der Waals surface area (Å²) in [5.41, 5.74) is 0.889. The lowest BCUT2D eigenvalue weighted by Crippen LogP contribution is -2.71. The first-order valence-corrected chi connectivity index (χ1v) is 11.7. The van der Waals surface area contributed by atoms with E-state index in [-0.39, 0.29) is 24.3 Å². The van der Waals surface area contributed by atoms with Crippen LogP contribution in [0.3, 0.4) is 0 Å². The first-order chi connectivity index (χ1) is 16.0. The van der Waals surface area contributed by atoms with Gasteiger partial charge in [0, 0.05) is 31.6 Å². The van der Waals surface area contributed by atoms with Gasteiger partial charge in [-0.25, -0.2) is 9.59 Å². The van der Waals surface area contributed by atoms with Gasteiger partial charge < -0.3 is 19.6 Å². The van der Waals surface area contributed by atoms with Gasteiger partial charge >= 0.3 is 12.2 Å². The number of piperidine rings is 1. The number of nitrogens with zero attached hydrogens (tertiary/aromatic N) is 4. The van der Waals surface area contributed by atoms with E-state index in [1.54, 1.807) is 6.08 Å². The average Bonchev–Trinajstić information content (AvgIpc) is 3.59. The molecular formula is C25H32N4O4. The van der Waals surface area contributed by atoms with E-state index in [9.17, 15) is 20.0 Å². The third-order valence-corrected chi connectivity index (χ3v) is 7.33. The van der Waals surface area contributed by atoms with Crippen LogP contribution in [0.25, 0.3) is 0 Å². The van der Waals surface area contributed by atoms with Gasteiger partial charge in [-0.15, -0.1) is 0 Å². The van der Waals surface area contributed by atoms with E-state index in [2.05, 4.69) is 29.7 Å². The van der Waals surface area contributed by atoms with Crippen molar-refractivity contribution in [2.45, 2.75) is 43.2 Å². The first kappa shape index (κ1) is 23.1. The zero-order valence-electron chi connectivity index (χ0n) is 18.9. The Labute approximate surface area is 195 Å². The molecule has 1 aromatic rings. The highest BCUT2D eigenvalue weighted by molar-refractivity contribution is 5.69. The molecule has 4 rings (SSSR count). The van der Waals surface area contributed by atoms with Gasteiger partial charge in [0.25, 0.3) is 0 Å². The third kappa shape index (κ3) is 4.98. The predicted molar refractivity (Wildman–Crippen MR) is 123 cm³/mol. The van der Waals surface area contributed by atoms with Crippen molar-refractivity contribution in [3.05, 3.63) is 48.6 Å². The van der Waals surface area contributed by atoms with E-state index in [1.807, 2.05) is 23.1 Å². The summed E-state index contributed by atoms with van der Waals surface area (Å²) in [5, 5.41) is 18.5. The highest BCUT2D eigenvalue weighted by Crippen LogP contribution is 2.45. The Morgan fingerprint density at radius 3 is 2.58 bits per heavy atom. The first-order valence-electron chi connectivity index (χ1n) is 11.7. The summed E-state index contributed by atoms with van der Waals surface area (Å²) in [6, 6.07) is 12.7. The second kappa shape index (κ2) is 9.84. The normalized spacial score (nSPS) is 24.3. The maximum Gasteiger partial charge on any atom is 0.410 e. The molecule has 33 heavy (non-hydrogen) atoms. The maximum atomic E-state index is 12.8. The van der Waals surface area contributed by atoms with Gasteiger partial charge in [-0.3, -0.25) is 4.90 Å². The Morgan fingerprint density at radius 2 is 1.97 bits per heavy atom. The van der Waals surface area contributed by atoms with Crippen molar-refractivity contribution >= 4 is 12.2 Å². The minimum atomic E-state index is -0.926. The molecule has 1 aliphatic carbocycles. The number of rotatable bonds is 8. The summed E-state index contributed by atoms with van der Waals surface area (Å²) in [4.78, 5) is 29.6. The summed E-state index contributed by atoms with van der Waals surface area (Å²) in [7, 11) is 0. The lowest BCUT2D eigenvalue weighted by molar-refractivity contribution is -0.0561. The van der Waals surface area contributed by atoms with Crippen LogP contribution in [0.5, 0.6) is 0 Å². The molecule has 2 unspecified atom stereocenters. The molecule has 8 nitrogen and oxygen atoms in total. The molecular weight excluding hydrogens is 420 g/mol. The molecule has 2 amide bonds. The van der Waals surface area contributed by atoms with Gasteiger partial charge in [0.1, 0.15) is 6.61 Å². The Kier molecular flexibility index (Phi) is 6.89. The highest BCUT2D eigenvalue weighted by Gasteiger charge is 2.51. The van der Waals surface area contributed by atoms with Crippen LogP contribution in [0.15, 0.2) is 43.0 Å². The van der Waals surface area contributed by atoms with Gasteiger partial charge in [-0.05, 0) is 43.8 Å². The number of benzene rings is 1. The van der Waals surface area contributed by atoms with Crippen LogP contribution in [0.4, 0.5) is 9.59 Å². The van der Waals surface area contributed by atoms with E-state index in [0.29, 0.717) is 37.9 Å². The second-order valence-electron chi connectivity index (χ2n) is 9.47. The highest BCUT2D eigenvalue weighted by atomic mass is 16.6. The minimum Gasteiger partial charge on any atom is -0.465 e. The zero-order chi connectivity index (χ0) is 23.4. The predicted octanol–water partition coefficient (Wildman–Crippen LogP) is 3.53. The van der Waals surface area contributed by atoms with Gasteiger partial charge in [0.15, 0.2) is 0 Å². The van der Waals surface area contributed by atoms with E-state index in [0.717, 1.165) is 32.4 Å². The summed E-state index contributed by atoms with van der Waals surface area (Å²) >= 11 is 0. The number of nitriles is 1. The molecule has 2 atom stereocenters. The third-order valence-electron chi connectivity index (χ3n) is 7.33. The van der Waals surface area contributed by atoms with Crippen LogP contribution in [0.2, 0.25) is 0 Å². The van der Waals surface area contributed by atoms with Crippen molar-refractivity contribution in [3.8, 4) is 6.07 Å². The number of likely N-dealkylation sites (tertiary alicyclic amines) is 2. The molecule has 0 radical (unpaired) electrons. The van der Waals surface area contributed by atoms with Crippen LogP contribution in [-0.4, -0.2) is 82.9 Å². The van der Waals surface area contributed by atoms with Crippen LogP contribution < -0.4 is 0 Å². The molecule has 3 aliphatic rings. The lowest BCUT2D eigenvalue weighted by atomic mass is 9.82. The number of ether oxygens (including phenoxy) is 1. The Morgan fingerprint density at radius 1 is 1.27 bits per heavy atom. The summed E-state index contributed by atoms with van der Waals surface area (Å²) in [5.74, 6) is 0.697.